The van der Waals surface area contributed by atoms with E-state index in [1.807, 2.05) is 4.90 Å². The predicted molar refractivity (Wildman–Crippen MR) is 101 cm³/mol. The van der Waals surface area contributed by atoms with E-state index in [1.54, 1.807) is 6.92 Å². The molecule has 0 radical (unpaired) electrons. The minimum absolute atomic E-state index is 0.263. The summed E-state index contributed by atoms with van der Waals surface area (Å²) in [6.07, 6.45) is 9.72. The van der Waals surface area contributed by atoms with Crippen LogP contribution >= 0.6 is 0 Å². The Morgan fingerprint density at radius 2 is 1.60 bits per heavy atom. The van der Waals surface area contributed by atoms with Gasteiger partial charge in [-0.25, -0.2) is 0 Å². The van der Waals surface area contributed by atoms with E-state index in [0.29, 0.717) is 5.41 Å². The van der Waals surface area contributed by atoms with Crippen LogP contribution in [0.2, 0.25) is 0 Å². The van der Waals surface area contributed by atoms with Crippen LogP contribution in [0.25, 0.3) is 0 Å². The van der Waals surface area contributed by atoms with E-state index in [-0.39, 0.29) is 5.91 Å². The van der Waals surface area contributed by atoms with Crippen molar-refractivity contribution < 1.29 is 4.79 Å². The highest BCUT2D eigenvalue weighted by Crippen LogP contribution is 2.52. The fourth-order valence-corrected chi connectivity index (χ4v) is 6.10. The molecule has 0 bridgehead atoms. The van der Waals surface area contributed by atoms with Gasteiger partial charge in [0, 0.05) is 38.0 Å². The number of nitrogens with zero attached hydrogens (tertiary/aromatic N) is 3. The lowest BCUT2D eigenvalue weighted by Gasteiger charge is -2.59. The van der Waals surface area contributed by atoms with Gasteiger partial charge in [-0.2, -0.15) is 0 Å². The van der Waals surface area contributed by atoms with E-state index in [0.717, 1.165) is 31.0 Å². The van der Waals surface area contributed by atoms with Crippen LogP contribution < -0.4 is 0 Å². The fraction of sp³-hybridized carbons (Fsp3) is 0.952. The Bertz CT molecular complexity index is 464. The number of likely N-dealkylation sites (tertiary alicyclic amines) is 3. The molecular formula is C21H37N3O. The van der Waals surface area contributed by atoms with Crippen molar-refractivity contribution in [2.45, 2.75) is 64.8 Å². The molecule has 4 fully saturated rings. The highest BCUT2D eigenvalue weighted by atomic mass is 16.2. The Morgan fingerprint density at radius 1 is 0.960 bits per heavy atom. The summed E-state index contributed by atoms with van der Waals surface area (Å²) in [5.41, 5.74) is 0.526. The van der Waals surface area contributed by atoms with Crippen molar-refractivity contribution in [1.29, 1.82) is 0 Å². The van der Waals surface area contributed by atoms with Crippen LogP contribution in [-0.2, 0) is 4.79 Å². The molecule has 4 nitrogen and oxygen atoms in total. The van der Waals surface area contributed by atoms with E-state index in [1.165, 1.54) is 77.7 Å². The molecule has 1 amide bonds. The van der Waals surface area contributed by atoms with Crippen LogP contribution in [0.1, 0.15) is 58.8 Å². The van der Waals surface area contributed by atoms with Gasteiger partial charge in [-0.1, -0.05) is 13.3 Å². The maximum absolute atomic E-state index is 11.4. The third-order valence-electron chi connectivity index (χ3n) is 7.76. The van der Waals surface area contributed by atoms with Gasteiger partial charge in [-0.15, -0.1) is 0 Å². The highest BCUT2D eigenvalue weighted by molar-refractivity contribution is 5.74. The van der Waals surface area contributed by atoms with Crippen LogP contribution in [0.5, 0.6) is 0 Å². The molecule has 0 aromatic heterocycles. The number of amides is 1. The van der Waals surface area contributed by atoms with E-state index >= 15 is 0 Å². The van der Waals surface area contributed by atoms with Crippen molar-refractivity contribution in [2.75, 3.05) is 45.8 Å². The molecular weight excluding hydrogens is 310 g/mol. The van der Waals surface area contributed by atoms with Crippen molar-refractivity contribution in [2.24, 2.45) is 17.3 Å². The molecule has 0 unspecified atom stereocenters. The SMILES string of the molecule is CCC1CCN(C2CCN(CC3CC4(C3)CN(C(C)=O)C4)CC2)CC1. The number of carbonyl (C=O) groups is 1. The van der Waals surface area contributed by atoms with Crippen LogP contribution in [-0.4, -0.2) is 72.5 Å². The van der Waals surface area contributed by atoms with E-state index < -0.39 is 0 Å². The summed E-state index contributed by atoms with van der Waals surface area (Å²) in [7, 11) is 0. The maximum Gasteiger partial charge on any atom is 0.219 e. The quantitative estimate of drug-likeness (QED) is 0.782. The lowest BCUT2D eigenvalue weighted by Crippen LogP contribution is -2.64. The van der Waals surface area contributed by atoms with E-state index in [9.17, 15) is 4.79 Å². The highest BCUT2D eigenvalue weighted by Gasteiger charge is 2.53. The van der Waals surface area contributed by atoms with Gasteiger partial charge in [-0.3, -0.25) is 4.79 Å². The van der Waals surface area contributed by atoms with Gasteiger partial charge < -0.3 is 14.7 Å². The molecule has 0 N–H and O–H groups in total. The lowest BCUT2D eigenvalue weighted by atomic mass is 9.57. The van der Waals surface area contributed by atoms with Gasteiger partial charge in [0.1, 0.15) is 0 Å². The summed E-state index contributed by atoms with van der Waals surface area (Å²) < 4.78 is 0. The summed E-state index contributed by atoms with van der Waals surface area (Å²) in [6.45, 7) is 12.8. The molecule has 4 rings (SSSR count). The summed E-state index contributed by atoms with van der Waals surface area (Å²) in [6, 6.07) is 0.859. The molecule has 0 atom stereocenters. The Labute approximate surface area is 153 Å². The normalized spacial score (nSPS) is 29.6. The molecule has 0 aromatic rings. The first-order valence-electron chi connectivity index (χ1n) is 10.8. The summed E-state index contributed by atoms with van der Waals surface area (Å²) >= 11 is 0. The number of rotatable bonds is 4. The van der Waals surface area contributed by atoms with Crippen molar-refractivity contribution >= 4 is 5.91 Å². The molecule has 3 saturated heterocycles. The van der Waals surface area contributed by atoms with Crippen molar-refractivity contribution in [1.82, 2.24) is 14.7 Å². The summed E-state index contributed by atoms with van der Waals surface area (Å²) in [4.78, 5) is 18.9. The Kier molecular flexibility index (Phi) is 5.11. The molecule has 142 valence electrons. The van der Waals surface area contributed by atoms with Crippen molar-refractivity contribution in [3.63, 3.8) is 0 Å². The monoisotopic (exact) mass is 347 g/mol. The number of piperidine rings is 2. The van der Waals surface area contributed by atoms with E-state index in [4.69, 9.17) is 0 Å². The molecule has 3 heterocycles. The zero-order valence-corrected chi connectivity index (χ0v) is 16.4. The minimum Gasteiger partial charge on any atom is -0.342 e. The van der Waals surface area contributed by atoms with E-state index in [2.05, 4.69) is 16.7 Å². The molecule has 1 spiro atoms. The van der Waals surface area contributed by atoms with Gasteiger partial charge in [0.15, 0.2) is 0 Å². The fourth-order valence-electron chi connectivity index (χ4n) is 6.10. The third-order valence-corrected chi connectivity index (χ3v) is 7.76. The number of carbonyl (C=O) groups excluding carboxylic acids is 1. The number of hydrogen-bond donors (Lipinski definition) is 0. The second-order valence-corrected chi connectivity index (χ2v) is 9.57. The Hall–Kier alpha value is -0.610. The molecule has 4 heteroatoms. The van der Waals surface area contributed by atoms with Gasteiger partial charge >= 0.3 is 0 Å². The molecule has 3 aliphatic heterocycles. The molecule has 1 aliphatic carbocycles. The van der Waals surface area contributed by atoms with Gasteiger partial charge in [-0.05, 0) is 76.5 Å². The van der Waals surface area contributed by atoms with Crippen LogP contribution in [0.15, 0.2) is 0 Å². The molecule has 0 aromatic carbocycles. The van der Waals surface area contributed by atoms with Crippen molar-refractivity contribution in [3.8, 4) is 0 Å². The first-order chi connectivity index (χ1) is 12.1. The van der Waals surface area contributed by atoms with Gasteiger partial charge in [0.2, 0.25) is 5.91 Å². The largest absolute Gasteiger partial charge is 0.342 e. The first-order valence-corrected chi connectivity index (χ1v) is 10.8. The van der Waals surface area contributed by atoms with Crippen molar-refractivity contribution in [3.05, 3.63) is 0 Å². The number of hydrogen-bond acceptors (Lipinski definition) is 3. The molecule has 4 aliphatic rings. The van der Waals surface area contributed by atoms with Crippen LogP contribution in [0.4, 0.5) is 0 Å². The standard InChI is InChI=1S/C21H37N3O/c1-3-18-4-10-23(11-5-18)20-6-8-22(9-7-20)14-19-12-21(13-19)15-24(16-21)17(2)25/h18-20H,3-16H2,1-2H3. The van der Waals surface area contributed by atoms with Gasteiger partial charge in [0.25, 0.3) is 0 Å². The summed E-state index contributed by atoms with van der Waals surface area (Å²) in [5, 5.41) is 0. The second-order valence-electron chi connectivity index (χ2n) is 9.57. The molecule has 25 heavy (non-hydrogen) atoms. The zero-order chi connectivity index (χ0) is 17.4. The van der Waals surface area contributed by atoms with Gasteiger partial charge in [0.05, 0.1) is 0 Å². The topological polar surface area (TPSA) is 26.8 Å². The van der Waals surface area contributed by atoms with Crippen LogP contribution in [0, 0.1) is 17.3 Å². The average molecular weight is 348 g/mol. The first kappa shape index (κ1) is 17.8. The van der Waals surface area contributed by atoms with Crippen LogP contribution in [0.3, 0.4) is 0 Å². The smallest absolute Gasteiger partial charge is 0.219 e. The average Bonchev–Trinajstić information content (AvgIpc) is 2.56. The molecule has 1 saturated carbocycles. The summed E-state index contributed by atoms with van der Waals surface area (Å²) in [5.74, 6) is 2.15. The third kappa shape index (κ3) is 3.75. The predicted octanol–water partition coefficient (Wildman–Crippen LogP) is 2.83. The minimum atomic E-state index is 0.263. The maximum atomic E-state index is 11.4. The zero-order valence-electron chi connectivity index (χ0n) is 16.4. The lowest BCUT2D eigenvalue weighted by molar-refractivity contribution is -0.153. The Balaban J connectivity index is 1.13. The Morgan fingerprint density at radius 3 is 2.16 bits per heavy atom. The second kappa shape index (κ2) is 7.19.